The molecule has 74 valence electrons. The van der Waals surface area contributed by atoms with E-state index in [4.69, 9.17) is 10.5 Å². The highest BCUT2D eigenvalue weighted by atomic mass is 127. The molecule has 0 aromatic carbocycles. The third-order valence-corrected chi connectivity index (χ3v) is 2.75. The summed E-state index contributed by atoms with van der Waals surface area (Å²) in [5.41, 5.74) is 5.42. The van der Waals surface area contributed by atoms with Crippen LogP contribution in [0.25, 0.3) is 0 Å². The van der Waals surface area contributed by atoms with Gasteiger partial charge in [-0.15, -0.1) is 0 Å². The number of aromatic nitrogens is 1. The zero-order valence-electron chi connectivity index (χ0n) is 7.37. The second kappa shape index (κ2) is 3.72. The Labute approximate surface area is 95.0 Å². The molecular weight excluding hydrogens is 295 g/mol. The van der Waals surface area contributed by atoms with Crippen molar-refractivity contribution in [1.82, 2.24) is 4.98 Å². The van der Waals surface area contributed by atoms with Crippen molar-refractivity contribution >= 4 is 28.5 Å². The van der Waals surface area contributed by atoms with Gasteiger partial charge in [-0.1, -0.05) is 0 Å². The van der Waals surface area contributed by atoms with Crippen LogP contribution in [-0.2, 0) is 0 Å². The first-order chi connectivity index (χ1) is 6.68. The average molecular weight is 304 g/mol. The molecule has 1 aromatic heterocycles. The molecule has 4 nitrogen and oxygen atoms in total. The van der Waals surface area contributed by atoms with Gasteiger partial charge in [0.05, 0.1) is 9.67 Å². The standard InChI is InChI=1S/C9H9IN2O2/c10-6-3-4-12-7(9(11)13)8(6)14-5-1-2-5/h3-5H,1-2H2,(H2,11,13). The van der Waals surface area contributed by atoms with E-state index in [-0.39, 0.29) is 11.8 Å². The van der Waals surface area contributed by atoms with E-state index in [0.29, 0.717) is 5.75 Å². The van der Waals surface area contributed by atoms with Crippen molar-refractivity contribution in [2.45, 2.75) is 18.9 Å². The average Bonchev–Trinajstić information content (AvgIpc) is 2.91. The highest BCUT2D eigenvalue weighted by molar-refractivity contribution is 14.1. The monoisotopic (exact) mass is 304 g/mol. The fourth-order valence-corrected chi connectivity index (χ4v) is 1.61. The van der Waals surface area contributed by atoms with Crippen LogP contribution in [0.1, 0.15) is 23.3 Å². The van der Waals surface area contributed by atoms with Crippen LogP contribution in [-0.4, -0.2) is 17.0 Å². The maximum Gasteiger partial charge on any atom is 0.271 e. The van der Waals surface area contributed by atoms with Gasteiger partial charge in [0, 0.05) is 6.20 Å². The number of primary amides is 1. The quantitative estimate of drug-likeness (QED) is 0.857. The summed E-state index contributed by atoms with van der Waals surface area (Å²) in [6.45, 7) is 0. The number of carbonyl (C=O) groups excluding carboxylic acids is 1. The lowest BCUT2D eigenvalue weighted by atomic mass is 10.3. The van der Waals surface area contributed by atoms with Crippen LogP contribution in [0.3, 0.4) is 0 Å². The molecule has 0 aliphatic heterocycles. The minimum Gasteiger partial charge on any atom is -0.487 e. The Hall–Kier alpha value is -0.850. The van der Waals surface area contributed by atoms with Crippen molar-refractivity contribution in [2.24, 2.45) is 5.73 Å². The molecule has 0 unspecified atom stereocenters. The van der Waals surface area contributed by atoms with E-state index < -0.39 is 5.91 Å². The summed E-state index contributed by atoms with van der Waals surface area (Å²) in [5, 5.41) is 0. The number of nitrogens with two attached hydrogens (primary N) is 1. The molecule has 0 saturated heterocycles. The predicted octanol–water partition coefficient (Wildman–Crippen LogP) is 1.33. The molecule has 0 spiro atoms. The van der Waals surface area contributed by atoms with Crippen molar-refractivity contribution in [3.05, 3.63) is 21.5 Å². The minimum absolute atomic E-state index is 0.226. The van der Waals surface area contributed by atoms with Crippen LogP contribution in [0.4, 0.5) is 0 Å². The Morgan fingerprint density at radius 1 is 1.64 bits per heavy atom. The molecule has 1 saturated carbocycles. The van der Waals surface area contributed by atoms with Crippen molar-refractivity contribution < 1.29 is 9.53 Å². The van der Waals surface area contributed by atoms with Gasteiger partial charge in [0.25, 0.3) is 5.91 Å². The maximum atomic E-state index is 11.1. The minimum atomic E-state index is -0.542. The van der Waals surface area contributed by atoms with E-state index >= 15 is 0 Å². The number of rotatable bonds is 3. The molecular formula is C9H9IN2O2. The van der Waals surface area contributed by atoms with Crippen molar-refractivity contribution in [2.75, 3.05) is 0 Å². The number of carbonyl (C=O) groups is 1. The molecule has 0 bridgehead atoms. The number of nitrogens with zero attached hydrogens (tertiary/aromatic N) is 1. The first kappa shape index (κ1) is 9.70. The summed E-state index contributed by atoms with van der Waals surface area (Å²) in [4.78, 5) is 15.0. The molecule has 0 atom stereocenters. The van der Waals surface area contributed by atoms with Gasteiger partial charge in [-0.2, -0.15) is 0 Å². The van der Waals surface area contributed by atoms with Crippen LogP contribution in [0.15, 0.2) is 12.3 Å². The van der Waals surface area contributed by atoms with Crippen LogP contribution < -0.4 is 10.5 Å². The lowest BCUT2D eigenvalue weighted by molar-refractivity contribution is 0.0990. The summed E-state index contributed by atoms with van der Waals surface area (Å²) in [6.07, 6.45) is 3.89. The van der Waals surface area contributed by atoms with Crippen molar-refractivity contribution in [3.8, 4) is 5.75 Å². The molecule has 2 rings (SSSR count). The molecule has 14 heavy (non-hydrogen) atoms. The van der Waals surface area contributed by atoms with Crippen LogP contribution in [0.5, 0.6) is 5.75 Å². The Kier molecular flexibility index (Phi) is 2.58. The number of hydrogen-bond donors (Lipinski definition) is 1. The Morgan fingerprint density at radius 3 is 2.93 bits per heavy atom. The van der Waals surface area contributed by atoms with Crippen LogP contribution in [0.2, 0.25) is 0 Å². The summed E-state index contributed by atoms with van der Waals surface area (Å²) >= 11 is 2.11. The Balaban J connectivity index is 2.36. The third kappa shape index (κ3) is 1.97. The normalized spacial score (nSPS) is 15.2. The fourth-order valence-electron chi connectivity index (χ4n) is 1.06. The molecule has 1 amide bonds. The Morgan fingerprint density at radius 2 is 2.36 bits per heavy atom. The van der Waals surface area contributed by atoms with Gasteiger partial charge >= 0.3 is 0 Å². The largest absolute Gasteiger partial charge is 0.487 e. The highest BCUT2D eigenvalue weighted by Crippen LogP contribution is 2.31. The van der Waals surface area contributed by atoms with E-state index in [1.165, 1.54) is 0 Å². The first-order valence-corrected chi connectivity index (χ1v) is 5.37. The smallest absolute Gasteiger partial charge is 0.271 e. The third-order valence-electron chi connectivity index (χ3n) is 1.90. The van der Waals surface area contributed by atoms with Gasteiger partial charge < -0.3 is 10.5 Å². The highest BCUT2D eigenvalue weighted by Gasteiger charge is 2.27. The van der Waals surface area contributed by atoms with Crippen molar-refractivity contribution in [1.29, 1.82) is 0 Å². The first-order valence-electron chi connectivity index (χ1n) is 4.29. The van der Waals surface area contributed by atoms with E-state index in [1.54, 1.807) is 12.3 Å². The maximum absolute atomic E-state index is 11.1. The van der Waals surface area contributed by atoms with E-state index in [0.717, 1.165) is 16.4 Å². The van der Waals surface area contributed by atoms with Gasteiger partial charge in [-0.3, -0.25) is 4.79 Å². The molecule has 1 fully saturated rings. The summed E-state index contributed by atoms with van der Waals surface area (Å²) in [7, 11) is 0. The summed E-state index contributed by atoms with van der Waals surface area (Å²) < 4.78 is 6.45. The number of ether oxygens (including phenoxy) is 1. The number of halogens is 1. The van der Waals surface area contributed by atoms with Crippen molar-refractivity contribution in [3.63, 3.8) is 0 Å². The van der Waals surface area contributed by atoms with Gasteiger partial charge in [-0.25, -0.2) is 4.98 Å². The molecule has 1 aliphatic rings. The number of amides is 1. The van der Waals surface area contributed by atoms with Gasteiger partial charge in [0.15, 0.2) is 11.4 Å². The second-order valence-corrected chi connectivity index (χ2v) is 4.31. The fraction of sp³-hybridized carbons (Fsp3) is 0.333. The zero-order chi connectivity index (χ0) is 10.1. The van der Waals surface area contributed by atoms with E-state index in [9.17, 15) is 4.79 Å². The van der Waals surface area contributed by atoms with Crippen LogP contribution >= 0.6 is 22.6 Å². The predicted molar refractivity (Wildman–Crippen MR) is 59.1 cm³/mol. The topological polar surface area (TPSA) is 65.2 Å². The second-order valence-electron chi connectivity index (χ2n) is 3.15. The number of pyridine rings is 1. The summed E-state index contributed by atoms with van der Waals surface area (Å²) in [5.74, 6) is -0.0118. The Bertz CT molecular complexity index is 377. The SMILES string of the molecule is NC(=O)c1nccc(I)c1OC1CC1. The zero-order valence-corrected chi connectivity index (χ0v) is 9.52. The molecule has 1 heterocycles. The number of hydrogen-bond acceptors (Lipinski definition) is 3. The van der Waals surface area contributed by atoms with E-state index in [2.05, 4.69) is 27.6 Å². The summed E-state index contributed by atoms with van der Waals surface area (Å²) in [6, 6.07) is 1.80. The molecule has 5 heteroatoms. The van der Waals surface area contributed by atoms with Crippen LogP contribution in [0, 0.1) is 3.57 Å². The molecule has 1 aromatic rings. The van der Waals surface area contributed by atoms with E-state index in [1.807, 2.05) is 0 Å². The lowest BCUT2D eigenvalue weighted by Crippen LogP contribution is -2.16. The molecule has 0 radical (unpaired) electrons. The van der Waals surface area contributed by atoms with Gasteiger partial charge in [0.1, 0.15) is 0 Å². The van der Waals surface area contributed by atoms with Gasteiger partial charge in [-0.05, 0) is 41.5 Å². The van der Waals surface area contributed by atoms with Gasteiger partial charge in [0.2, 0.25) is 0 Å². The molecule has 1 aliphatic carbocycles. The molecule has 2 N–H and O–H groups in total. The lowest BCUT2D eigenvalue weighted by Gasteiger charge is -2.09.